The molecule has 0 aromatic rings. The Morgan fingerprint density at radius 1 is 0.812 bits per heavy atom. The SMILES string of the molecule is CC(C)(C)OC(C)(C)C.COC1CCCC1. The molecule has 1 fully saturated rings. The summed E-state index contributed by atoms with van der Waals surface area (Å²) in [5, 5.41) is 0. The van der Waals surface area contributed by atoms with Gasteiger partial charge in [-0.1, -0.05) is 12.8 Å². The smallest absolute Gasteiger partial charge is 0.0605 e. The van der Waals surface area contributed by atoms with E-state index in [1.165, 1.54) is 25.7 Å². The Balaban J connectivity index is 0.000000288. The number of hydrogen-bond acceptors (Lipinski definition) is 2. The number of methoxy groups -OCH3 is 1. The van der Waals surface area contributed by atoms with E-state index in [0.29, 0.717) is 6.10 Å². The molecule has 1 rings (SSSR count). The van der Waals surface area contributed by atoms with Crippen molar-refractivity contribution in [2.45, 2.75) is 84.5 Å². The van der Waals surface area contributed by atoms with E-state index in [-0.39, 0.29) is 11.2 Å². The first kappa shape index (κ1) is 15.9. The van der Waals surface area contributed by atoms with Gasteiger partial charge < -0.3 is 9.47 Å². The van der Waals surface area contributed by atoms with Crippen molar-refractivity contribution in [3.63, 3.8) is 0 Å². The number of ether oxygens (including phenoxy) is 2. The van der Waals surface area contributed by atoms with Crippen LogP contribution in [-0.2, 0) is 9.47 Å². The van der Waals surface area contributed by atoms with Crippen molar-refractivity contribution < 1.29 is 9.47 Å². The molecule has 98 valence electrons. The summed E-state index contributed by atoms with van der Waals surface area (Å²) in [6.45, 7) is 12.4. The monoisotopic (exact) mass is 230 g/mol. The van der Waals surface area contributed by atoms with E-state index in [2.05, 4.69) is 41.5 Å². The van der Waals surface area contributed by atoms with Gasteiger partial charge in [0.15, 0.2) is 0 Å². The van der Waals surface area contributed by atoms with E-state index in [1.807, 2.05) is 0 Å². The fourth-order valence-electron chi connectivity index (χ4n) is 2.04. The van der Waals surface area contributed by atoms with Gasteiger partial charge in [0, 0.05) is 7.11 Å². The molecule has 0 aliphatic heterocycles. The van der Waals surface area contributed by atoms with Crippen molar-refractivity contribution in [2.24, 2.45) is 0 Å². The molecule has 1 aliphatic carbocycles. The van der Waals surface area contributed by atoms with Crippen LogP contribution in [0.2, 0.25) is 0 Å². The average molecular weight is 230 g/mol. The molecule has 0 atom stereocenters. The van der Waals surface area contributed by atoms with Crippen LogP contribution in [0, 0.1) is 0 Å². The highest BCUT2D eigenvalue weighted by molar-refractivity contribution is 4.68. The van der Waals surface area contributed by atoms with E-state index < -0.39 is 0 Å². The highest BCUT2D eigenvalue weighted by Gasteiger charge is 2.19. The molecule has 0 N–H and O–H groups in total. The average Bonchev–Trinajstić information content (AvgIpc) is 2.48. The first-order valence-corrected chi connectivity index (χ1v) is 6.37. The third-order valence-electron chi connectivity index (χ3n) is 2.25. The normalized spacial score (nSPS) is 18.2. The van der Waals surface area contributed by atoms with Crippen molar-refractivity contribution in [1.29, 1.82) is 0 Å². The molecule has 2 nitrogen and oxygen atoms in total. The fraction of sp³-hybridized carbons (Fsp3) is 1.00. The molecule has 0 bridgehead atoms. The standard InChI is InChI=1S/C8H18O.C6H12O/c1-7(2,3)9-8(4,5)6;1-7-6-4-2-3-5-6/h1-6H3;6H,2-5H2,1H3. The van der Waals surface area contributed by atoms with E-state index >= 15 is 0 Å². The lowest BCUT2D eigenvalue weighted by molar-refractivity contribution is -0.102. The van der Waals surface area contributed by atoms with Crippen LogP contribution in [-0.4, -0.2) is 24.4 Å². The lowest BCUT2D eigenvalue weighted by Gasteiger charge is -2.30. The quantitative estimate of drug-likeness (QED) is 0.673. The van der Waals surface area contributed by atoms with Crippen molar-refractivity contribution in [2.75, 3.05) is 7.11 Å². The van der Waals surface area contributed by atoms with Gasteiger partial charge in [0.2, 0.25) is 0 Å². The van der Waals surface area contributed by atoms with Crippen LogP contribution < -0.4 is 0 Å². The summed E-state index contributed by atoms with van der Waals surface area (Å²) in [4.78, 5) is 0. The zero-order valence-electron chi connectivity index (χ0n) is 12.2. The van der Waals surface area contributed by atoms with Gasteiger partial charge in [0.05, 0.1) is 17.3 Å². The maximum Gasteiger partial charge on any atom is 0.0605 e. The Morgan fingerprint density at radius 3 is 1.31 bits per heavy atom. The lowest BCUT2D eigenvalue weighted by Crippen LogP contribution is -2.31. The maximum atomic E-state index is 5.62. The van der Waals surface area contributed by atoms with E-state index in [9.17, 15) is 0 Å². The molecule has 0 saturated heterocycles. The van der Waals surface area contributed by atoms with Gasteiger partial charge in [-0.3, -0.25) is 0 Å². The van der Waals surface area contributed by atoms with Crippen LogP contribution >= 0.6 is 0 Å². The van der Waals surface area contributed by atoms with Gasteiger partial charge >= 0.3 is 0 Å². The summed E-state index contributed by atoms with van der Waals surface area (Å²) in [5.41, 5.74) is -0.0312. The van der Waals surface area contributed by atoms with Gasteiger partial charge in [-0.05, 0) is 54.4 Å². The van der Waals surface area contributed by atoms with Crippen LogP contribution in [0.25, 0.3) is 0 Å². The summed E-state index contributed by atoms with van der Waals surface area (Å²) >= 11 is 0. The third kappa shape index (κ3) is 10.4. The summed E-state index contributed by atoms with van der Waals surface area (Å²) in [6, 6.07) is 0. The largest absolute Gasteiger partial charge is 0.381 e. The van der Waals surface area contributed by atoms with Crippen LogP contribution in [0.15, 0.2) is 0 Å². The van der Waals surface area contributed by atoms with Crippen LogP contribution in [0.5, 0.6) is 0 Å². The minimum atomic E-state index is -0.0156. The summed E-state index contributed by atoms with van der Waals surface area (Å²) in [6.07, 6.45) is 5.92. The van der Waals surface area contributed by atoms with E-state index in [1.54, 1.807) is 7.11 Å². The predicted octanol–water partition coefficient (Wildman–Crippen LogP) is 4.18. The molecule has 0 unspecified atom stereocenters. The van der Waals surface area contributed by atoms with Crippen molar-refractivity contribution >= 4 is 0 Å². The zero-order chi connectivity index (χ0) is 12.8. The molecule has 0 radical (unpaired) electrons. The van der Waals surface area contributed by atoms with Crippen LogP contribution in [0.4, 0.5) is 0 Å². The highest BCUT2D eigenvalue weighted by atomic mass is 16.5. The second kappa shape index (κ2) is 6.61. The minimum Gasteiger partial charge on any atom is -0.381 e. The first-order chi connectivity index (χ1) is 7.14. The van der Waals surface area contributed by atoms with Crippen molar-refractivity contribution in [1.82, 2.24) is 0 Å². The molecule has 0 amide bonds. The third-order valence-corrected chi connectivity index (χ3v) is 2.25. The molecule has 0 heterocycles. The van der Waals surface area contributed by atoms with E-state index in [0.717, 1.165) is 0 Å². The molecule has 2 heteroatoms. The van der Waals surface area contributed by atoms with Gasteiger partial charge in [0.25, 0.3) is 0 Å². The fourth-order valence-corrected chi connectivity index (χ4v) is 2.04. The molecule has 0 spiro atoms. The topological polar surface area (TPSA) is 18.5 Å². The second-order valence-electron chi connectivity index (χ2n) is 6.47. The number of hydrogen-bond donors (Lipinski definition) is 0. The Bertz CT molecular complexity index is 156. The Labute approximate surface area is 102 Å². The summed E-state index contributed by atoms with van der Waals surface area (Å²) in [7, 11) is 1.80. The first-order valence-electron chi connectivity index (χ1n) is 6.37. The van der Waals surface area contributed by atoms with Crippen LogP contribution in [0.3, 0.4) is 0 Å². The van der Waals surface area contributed by atoms with Gasteiger partial charge in [-0.15, -0.1) is 0 Å². The van der Waals surface area contributed by atoms with Gasteiger partial charge in [0.1, 0.15) is 0 Å². The van der Waals surface area contributed by atoms with Crippen molar-refractivity contribution in [3.05, 3.63) is 0 Å². The summed E-state index contributed by atoms with van der Waals surface area (Å²) in [5.74, 6) is 0. The Kier molecular flexibility index (Phi) is 6.57. The lowest BCUT2D eigenvalue weighted by atomic mass is 10.1. The summed E-state index contributed by atoms with van der Waals surface area (Å²) < 4.78 is 10.7. The van der Waals surface area contributed by atoms with Crippen molar-refractivity contribution in [3.8, 4) is 0 Å². The molecule has 0 aromatic heterocycles. The zero-order valence-corrected chi connectivity index (χ0v) is 12.2. The Hall–Kier alpha value is -0.0800. The molecular formula is C14H30O2. The van der Waals surface area contributed by atoms with Crippen LogP contribution in [0.1, 0.15) is 67.2 Å². The second-order valence-corrected chi connectivity index (χ2v) is 6.47. The van der Waals surface area contributed by atoms with E-state index in [4.69, 9.17) is 9.47 Å². The minimum absolute atomic E-state index is 0.0156. The molecule has 0 aromatic carbocycles. The number of rotatable bonds is 1. The maximum absolute atomic E-state index is 5.62. The molecular weight excluding hydrogens is 200 g/mol. The Morgan fingerprint density at radius 2 is 1.19 bits per heavy atom. The van der Waals surface area contributed by atoms with Gasteiger partial charge in [-0.25, -0.2) is 0 Å². The predicted molar refractivity (Wildman–Crippen MR) is 69.9 cm³/mol. The molecule has 16 heavy (non-hydrogen) atoms. The molecule has 1 aliphatic rings. The molecule has 1 saturated carbocycles. The highest BCUT2D eigenvalue weighted by Crippen LogP contribution is 2.19. The van der Waals surface area contributed by atoms with Gasteiger partial charge in [-0.2, -0.15) is 0 Å².